The summed E-state index contributed by atoms with van der Waals surface area (Å²) < 4.78 is 4.55. The van der Waals surface area contributed by atoms with Crippen molar-refractivity contribution in [3.8, 4) is 0 Å². The molecule has 90 valence electrons. The first-order chi connectivity index (χ1) is 8.19. The number of ether oxygens (including phenoxy) is 1. The van der Waals surface area contributed by atoms with Crippen molar-refractivity contribution in [2.75, 3.05) is 19.0 Å². The number of imidazole rings is 1. The lowest BCUT2D eigenvalue weighted by Crippen LogP contribution is -2.10. The van der Waals surface area contributed by atoms with Crippen LogP contribution < -0.4 is 5.32 Å². The number of carbonyl (C=O) groups is 1. The maximum absolute atomic E-state index is 10.9. The van der Waals surface area contributed by atoms with Crippen LogP contribution in [0, 0.1) is 6.92 Å². The van der Waals surface area contributed by atoms with E-state index in [1.165, 1.54) is 12.7 Å². The molecular weight excluding hydrogens is 218 g/mol. The van der Waals surface area contributed by atoms with Crippen LogP contribution in [0.3, 0.4) is 0 Å². The van der Waals surface area contributed by atoms with E-state index in [1.54, 1.807) is 0 Å². The van der Waals surface area contributed by atoms with Gasteiger partial charge in [-0.25, -0.2) is 4.98 Å². The second-order valence-electron chi connectivity index (χ2n) is 3.86. The number of hydrogen-bond donors (Lipinski definition) is 2. The highest BCUT2D eigenvalue weighted by Crippen LogP contribution is 2.15. The Morgan fingerprint density at radius 1 is 1.53 bits per heavy atom. The molecule has 0 spiro atoms. The normalized spacial score (nSPS) is 10.5. The highest BCUT2D eigenvalue weighted by molar-refractivity contribution is 5.78. The van der Waals surface area contributed by atoms with Gasteiger partial charge >= 0.3 is 5.97 Å². The zero-order chi connectivity index (χ0) is 12.3. The number of methoxy groups -OCH3 is 1. The molecular formula is C12H15N3O2. The summed E-state index contributed by atoms with van der Waals surface area (Å²) in [5, 5.41) is 3.05. The van der Waals surface area contributed by atoms with E-state index in [-0.39, 0.29) is 5.97 Å². The van der Waals surface area contributed by atoms with E-state index in [9.17, 15) is 4.79 Å². The van der Waals surface area contributed by atoms with Crippen molar-refractivity contribution in [2.45, 2.75) is 13.3 Å². The summed E-state index contributed by atoms with van der Waals surface area (Å²) in [7, 11) is 1.38. The molecule has 5 heteroatoms. The number of carbonyl (C=O) groups excluding carboxylic acids is 1. The summed E-state index contributed by atoms with van der Waals surface area (Å²) in [4.78, 5) is 18.4. The predicted molar refractivity (Wildman–Crippen MR) is 66.0 cm³/mol. The number of esters is 1. The van der Waals surface area contributed by atoms with E-state index in [0.717, 1.165) is 11.0 Å². The standard InChI is InChI=1S/C12H15N3O2/c1-8-3-4-9-10(7-8)15-12(14-9)13-6-5-11(16)17-2/h3-4,7H,5-6H2,1-2H3,(H2,13,14,15). The molecule has 0 amide bonds. The van der Waals surface area contributed by atoms with Crippen LogP contribution in [0.4, 0.5) is 5.95 Å². The Morgan fingerprint density at radius 2 is 2.35 bits per heavy atom. The Kier molecular flexibility index (Phi) is 3.27. The molecule has 2 rings (SSSR count). The van der Waals surface area contributed by atoms with Crippen molar-refractivity contribution in [3.63, 3.8) is 0 Å². The van der Waals surface area contributed by atoms with Crippen LogP contribution in [-0.4, -0.2) is 29.6 Å². The molecule has 1 heterocycles. The van der Waals surface area contributed by atoms with Crippen molar-refractivity contribution in [1.29, 1.82) is 0 Å². The van der Waals surface area contributed by atoms with Gasteiger partial charge in [-0.2, -0.15) is 0 Å². The molecule has 0 bridgehead atoms. The summed E-state index contributed by atoms with van der Waals surface area (Å²) in [6.45, 7) is 2.54. The zero-order valence-electron chi connectivity index (χ0n) is 9.91. The van der Waals surface area contributed by atoms with Crippen LogP contribution in [0.1, 0.15) is 12.0 Å². The van der Waals surface area contributed by atoms with Gasteiger partial charge in [-0.15, -0.1) is 0 Å². The van der Waals surface area contributed by atoms with Gasteiger partial charge in [0.25, 0.3) is 0 Å². The first kappa shape index (κ1) is 11.4. The van der Waals surface area contributed by atoms with Gasteiger partial charge in [0.2, 0.25) is 5.95 Å². The smallest absolute Gasteiger partial charge is 0.307 e. The van der Waals surface area contributed by atoms with E-state index < -0.39 is 0 Å². The van der Waals surface area contributed by atoms with Crippen LogP contribution >= 0.6 is 0 Å². The van der Waals surface area contributed by atoms with Crippen LogP contribution in [0.5, 0.6) is 0 Å². The lowest BCUT2D eigenvalue weighted by molar-refractivity contribution is -0.140. The number of hydrogen-bond acceptors (Lipinski definition) is 4. The monoisotopic (exact) mass is 233 g/mol. The van der Waals surface area contributed by atoms with Gasteiger partial charge < -0.3 is 15.0 Å². The summed E-state index contributed by atoms with van der Waals surface area (Å²) in [6.07, 6.45) is 0.326. The maximum atomic E-state index is 10.9. The Labute approximate surface area is 99.2 Å². The van der Waals surface area contributed by atoms with Gasteiger partial charge in [-0.3, -0.25) is 4.79 Å². The SMILES string of the molecule is COC(=O)CCNc1nc2ccc(C)cc2[nH]1. The molecule has 0 aliphatic heterocycles. The molecule has 0 aliphatic carbocycles. The number of rotatable bonds is 4. The lowest BCUT2D eigenvalue weighted by atomic mass is 10.2. The fourth-order valence-corrected chi connectivity index (χ4v) is 1.59. The van der Waals surface area contributed by atoms with Crippen molar-refractivity contribution in [1.82, 2.24) is 9.97 Å². The number of aryl methyl sites for hydroxylation is 1. The molecule has 17 heavy (non-hydrogen) atoms. The Balaban J connectivity index is 2.02. The first-order valence-electron chi connectivity index (χ1n) is 5.46. The average Bonchev–Trinajstić information content (AvgIpc) is 2.70. The minimum Gasteiger partial charge on any atom is -0.469 e. The minimum atomic E-state index is -0.232. The van der Waals surface area contributed by atoms with E-state index in [0.29, 0.717) is 18.9 Å². The van der Waals surface area contributed by atoms with Gasteiger partial charge in [0.05, 0.1) is 24.6 Å². The topological polar surface area (TPSA) is 67.0 Å². The molecule has 0 atom stereocenters. The number of benzene rings is 1. The number of nitrogens with one attached hydrogen (secondary N) is 2. The number of H-pyrrole nitrogens is 1. The molecule has 2 N–H and O–H groups in total. The molecule has 0 saturated carbocycles. The Bertz CT molecular complexity index is 534. The maximum Gasteiger partial charge on any atom is 0.307 e. The van der Waals surface area contributed by atoms with E-state index in [1.807, 2.05) is 25.1 Å². The zero-order valence-corrected chi connectivity index (χ0v) is 9.91. The third-order valence-corrected chi connectivity index (χ3v) is 2.49. The van der Waals surface area contributed by atoms with E-state index >= 15 is 0 Å². The number of anilines is 1. The highest BCUT2D eigenvalue weighted by Gasteiger charge is 2.03. The van der Waals surface area contributed by atoms with Crippen molar-refractivity contribution in [3.05, 3.63) is 23.8 Å². The molecule has 1 aromatic heterocycles. The molecule has 0 radical (unpaired) electrons. The van der Waals surface area contributed by atoms with Gasteiger partial charge in [0.1, 0.15) is 0 Å². The Hall–Kier alpha value is -2.04. The van der Waals surface area contributed by atoms with Gasteiger partial charge in [-0.05, 0) is 24.6 Å². The van der Waals surface area contributed by atoms with Crippen LogP contribution in [-0.2, 0) is 9.53 Å². The third kappa shape index (κ3) is 2.75. The molecule has 2 aromatic rings. The molecule has 0 unspecified atom stereocenters. The predicted octanol–water partition coefficient (Wildman–Crippen LogP) is 1.85. The van der Waals surface area contributed by atoms with Crippen LogP contribution in [0.2, 0.25) is 0 Å². The second kappa shape index (κ2) is 4.86. The average molecular weight is 233 g/mol. The minimum absolute atomic E-state index is 0.232. The lowest BCUT2D eigenvalue weighted by Gasteiger charge is -2.00. The quantitative estimate of drug-likeness (QED) is 0.791. The molecule has 5 nitrogen and oxygen atoms in total. The van der Waals surface area contributed by atoms with E-state index in [2.05, 4.69) is 20.0 Å². The molecule has 1 aromatic carbocycles. The van der Waals surface area contributed by atoms with Gasteiger partial charge in [0.15, 0.2) is 0 Å². The van der Waals surface area contributed by atoms with Crippen molar-refractivity contribution >= 4 is 23.0 Å². The fourth-order valence-electron chi connectivity index (χ4n) is 1.59. The molecule has 0 aliphatic rings. The Morgan fingerprint density at radius 3 is 3.12 bits per heavy atom. The molecule has 0 fully saturated rings. The summed E-state index contributed by atoms with van der Waals surface area (Å²) in [5.74, 6) is 0.443. The first-order valence-corrected chi connectivity index (χ1v) is 5.46. The van der Waals surface area contributed by atoms with E-state index in [4.69, 9.17) is 0 Å². The third-order valence-electron chi connectivity index (χ3n) is 2.49. The number of aromatic amines is 1. The summed E-state index contributed by atoms with van der Waals surface area (Å²) >= 11 is 0. The number of fused-ring (bicyclic) bond motifs is 1. The van der Waals surface area contributed by atoms with Crippen LogP contribution in [0.25, 0.3) is 11.0 Å². The van der Waals surface area contributed by atoms with Crippen molar-refractivity contribution < 1.29 is 9.53 Å². The fraction of sp³-hybridized carbons (Fsp3) is 0.333. The van der Waals surface area contributed by atoms with Crippen molar-refractivity contribution in [2.24, 2.45) is 0 Å². The van der Waals surface area contributed by atoms with Crippen LogP contribution in [0.15, 0.2) is 18.2 Å². The number of nitrogens with zero attached hydrogens (tertiary/aromatic N) is 1. The summed E-state index contributed by atoms with van der Waals surface area (Å²) in [6, 6.07) is 6.02. The number of aromatic nitrogens is 2. The van der Waals surface area contributed by atoms with Gasteiger partial charge in [0, 0.05) is 6.54 Å². The second-order valence-corrected chi connectivity index (χ2v) is 3.86. The largest absolute Gasteiger partial charge is 0.469 e. The van der Waals surface area contributed by atoms with Gasteiger partial charge in [-0.1, -0.05) is 6.07 Å². The summed E-state index contributed by atoms with van der Waals surface area (Å²) in [5.41, 5.74) is 3.09. The molecule has 0 saturated heterocycles. The highest BCUT2D eigenvalue weighted by atomic mass is 16.5.